The molecule has 2 aromatic rings. The van der Waals surface area contributed by atoms with E-state index < -0.39 is 0 Å². The first-order valence-electron chi connectivity index (χ1n) is 7.84. The van der Waals surface area contributed by atoms with E-state index in [2.05, 4.69) is 0 Å². The zero-order valence-electron chi connectivity index (χ0n) is 13.3. The fraction of sp³-hybridized carbons (Fsp3) is 0.263. The number of imide groups is 1. The van der Waals surface area contributed by atoms with Crippen LogP contribution in [0.4, 0.5) is 4.79 Å². The van der Waals surface area contributed by atoms with Crippen LogP contribution in [0, 0.1) is 0 Å². The first kappa shape index (κ1) is 15.3. The quantitative estimate of drug-likeness (QED) is 0.866. The van der Waals surface area contributed by atoms with Gasteiger partial charge in [-0.3, -0.25) is 9.69 Å². The number of likely N-dealkylation sites (N-methyl/N-ethyl adjacent to an activating group) is 1. The summed E-state index contributed by atoms with van der Waals surface area (Å²) in [5, 5.41) is 0. The molecule has 2 atom stereocenters. The molecule has 3 rings (SSSR count). The average Bonchev–Trinajstić information content (AvgIpc) is 2.87. The molecule has 3 amide bonds. The van der Waals surface area contributed by atoms with Crippen molar-refractivity contribution < 1.29 is 9.59 Å². The molecular formula is C19H20N2O2. The normalized spacial score (nSPS) is 20.9. The highest BCUT2D eigenvalue weighted by Crippen LogP contribution is 2.44. The van der Waals surface area contributed by atoms with Gasteiger partial charge in [-0.1, -0.05) is 67.6 Å². The van der Waals surface area contributed by atoms with Gasteiger partial charge in [-0.2, -0.15) is 0 Å². The zero-order chi connectivity index (χ0) is 16.4. The van der Waals surface area contributed by atoms with Gasteiger partial charge in [0.15, 0.2) is 0 Å². The molecule has 4 heteroatoms. The van der Waals surface area contributed by atoms with Gasteiger partial charge >= 0.3 is 6.03 Å². The van der Waals surface area contributed by atoms with Crippen molar-refractivity contribution in [2.45, 2.75) is 25.4 Å². The van der Waals surface area contributed by atoms with Crippen LogP contribution < -0.4 is 0 Å². The highest BCUT2D eigenvalue weighted by Gasteiger charge is 2.47. The van der Waals surface area contributed by atoms with Gasteiger partial charge < -0.3 is 4.90 Å². The molecule has 1 saturated heterocycles. The Kier molecular flexibility index (Phi) is 4.15. The number of benzene rings is 2. The Morgan fingerprint density at radius 2 is 1.39 bits per heavy atom. The molecule has 0 saturated carbocycles. The fourth-order valence-corrected chi connectivity index (χ4v) is 3.23. The van der Waals surface area contributed by atoms with Crippen molar-refractivity contribution in [3.63, 3.8) is 0 Å². The lowest BCUT2D eigenvalue weighted by Crippen LogP contribution is -2.35. The maximum absolute atomic E-state index is 12.7. The summed E-state index contributed by atoms with van der Waals surface area (Å²) in [6.45, 7) is 1.79. The molecule has 0 unspecified atom stereocenters. The highest BCUT2D eigenvalue weighted by atomic mass is 16.2. The molecule has 0 aromatic heterocycles. The molecule has 0 spiro atoms. The Bertz CT molecular complexity index is 700. The highest BCUT2D eigenvalue weighted by molar-refractivity contribution is 5.96. The van der Waals surface area contributed by atoms with Crippen LogP contribution in [0.25, 0.3) is 0 Å². The summed E-state index contributed by atoms with van der Waals surface area (Å²) in [6.07, 6.45) is 0.310. The number of rotatable bonds is 3. The van der Waals surface area contributed by atoms with E-state index >= 15 is 0 Å². The summed E-state index contributed by atoms with van der Waals surface area (Å²) in [4.78, 5) is 28.2. The zero-order valence-corrected chi connectivity index (χ0v) is 13.3. The smallest absolute Gasteiger partial charge is 0.318 e. The van der Waals surface area contributed by atoms with Crippen LogP contribution in [0.15, 0.2) is 60.7 Å². The predicted octanol–water partition coefficient (Wildman–Crippen LogP) is 3.77. The first-order chi connectivity index (χ1) is 11.1. The van der Waals surface area contributed by atoms with E-state index in [1.54, 1.807) is 18.9 Å². The van der Waals surface area contributed by atoms with Crippen LogP contribution in [-0.4, -0.2) is 28.8 Å². The Balaban J connectivity index is 2.13. The van der Waals surface area contributed by atoms with Crippen molar-refractivity contribution in [2.75, 3.05) is 7.05 Å². The second-order valence-electron chi connectivity index (χ2n) is 5.72. The summed E-state index contributed by atoms with van der Waals surface area (Å²) < 4.78 is 0. The molecule has 23 heavy (non-hydrogen) atoms. The maximum atomic E-state index is 12.7. The van der Waals surface area contributed by atoms with Gasteiger partial charge in [-0.05, 0) is 11.1 Å². The van der Waals surface area contributed by atoms with Crippen LogP contribution in [0.2, 0.25) is 0 Å². The largest absolute Gasteiger partial charge is 0.327 e. The van der Waals surface area contributed by atoms with Crippen molar-refractivity contribution in [2.24, 2.45) is 0 Å². The van der Waals surface area contributed by atoms with E-state index in [1.165, 1.54) is 4.90 Å². The number of hydrogen-bond acceptors (Lipinski definition) is 2. The van der Waals surface area contributed by atoms with Gasteiger partial charge in [-0.25, -0.2) is 4.79 Å². The number of carbonyl (C=O) groups excluding carboxylic acids is 2. The number of hydrogen-bond donors (Lipinski definition) is 0. The summed E-state index contributed by atoms with van der Waals surface area (Å²) in [7, 11) is 1.76. The lowest BCUT2D eigenvalue weighted by Gasteiger charge is -2.26. The Morgan fingerprint density at radius 3 is 1.87 bits per heavy atom. The maximum Gasteiger partial charge on any atom is 0.327 e. The molecule has 1 aliphatic heterocycles. The van der Waals surface area contributed by atoms with Crippen LogP contribution in [0.3, 0.4) is 0 Å². The van der Waals surface area contributed by atoms with E-state index in [4.69, 9.17) is 0 Å². The number of amides is 3. The summed E-state index contributed by atoms with van der Waals surface area (Å²) in [5.74, 6) is -0.144. The van der Waals surface area contributed by atoms with Crippen LogP contribution in [0.5, 0.6) is 0 Å². The first-order valence-corrected chi connectivity index (χ1v) is 7.84. The standard InChI is InChI=1S/C19H20N2O2/c1-3-16(22)21-18(15-12-8-5-9-13-15)17(20(2)19(21)23)14-10-6-4-7-11-14/h4-13,17-18H,3H2,1-2H3/t17-,18-/m1/s1. The fourth-order valence-electron chi connectivity index (χ4n) is 3.23. The van der Waals surface area contributed by atoms with Gasteiger partial charge in [0.25, 0.3) is 0 Å². The molecule has 118 valence electrons. The molecule has 1 aliphatic rings. The molecule has 0 radical (unpaired) electrons. The average molecular weight is 308 g/mol. The monoisotopic (exact) mass is 308 g/mol. The van der Waals surface area contributed by atoms with Crippen molar-refractivity contribution in [3.8, 4) is 0 Å². The lowest BCUT2D eigenvalue weighted by molar-refractivity contribution is -0.129. The SMILES string of the molecule is CCC(=O)N1C(=O)N(C)[C@H](c2ccccc2)[C@H]1c1ccccc1. The molecule has 0 bridgehead atoms. The van der Waals surface area contributed by atoms with E-state index in [9.17, 15) is 9.59 Å². The van der Waals surface area contributed by atoms with Crippen molar-refractivity contribution in [1.29, 1.82) is 0 Å². The van der Waals surface area contributed by atoms with Gasteiger partial charge in [-0.15, -0.1) is 0 Å². The molecule has 0 aliphatic carbocycles. The number of urea groups is 1. The number of nitrogens with zero attached hydrogens (tertiary/aromatic N) is 2. The van der Waals surface area contributed by atoms with Gasteiger partial charge in [0, 0.05) is 13.5 Å². The van der Waals surface area contributed by atoms with Crippen LogP contribution in [-0.2, 0) is 4.79 Å². The minimum Gasteiger partial charge on any atom is -0.318 e. The van der Waals surface area contributed by atoms with E-state index in [0.717, 1.165) is 11.1 Å². The molecule has 0 N–H and O–H groups in total. The molecule has 4 nitrogen and oxygen atoms in total. The van der Waals surface area contributed by atoms with Gasteiger partial charge in [0.1, 0.15) is 0 Å². The summed E-state index contributed by atoms with van der Waals surface area (Å²) in [6, 6.07) is 18.9. The topological polar surface area (TPSA) is 40.6 Å². The third-order valence-corrected chi connectivity index (χ3v) is 4.36. The predicted molar refractivity (Wildman–Crippen MR) is 88.7 cm³/mol. The van der Waals surface area contributed by atoms with Crippen LogP contribution >= 0.6 is 0 Å². The van der Waals surface area contributed by atoms with Gasteiger partial charge in [0.05, 0.1) is 12.1 Å². The lowest BCUT2D eigenvalue weighted by atomic mass is 9.93. The summed E-state index contributed by atoms with van der Waals surface area (Å²) in [5.41, 5.74) is 2.00. The van der Waals surface area contributed by atoms with Crippen molar-refractivity contribution in [3.05, 3.63) is 71.8 Å². The minimum absolute atomic E-state index is 0.144. The van der Waals surface area contributed by atoms with Crippen molar-refractivity contribution in [1.82, 2.24) is 9.80 Å². The Hall–Kier alpha value is -2.62. The molecule has 1 fully saturated rings. The molecule has 2 aromatic carbocycles. The Labute approximate surface area is 136 Å². The van der Waals surface area contributed by atoms with E-state index in [-0.39, 0.29) is 24.0 Å². The molecular weight excluding hydrogens is 288 g/mol. The third-order valence-electron chi connectivity index (χ3n) is 4.36. The third kappa shape index (κ3) is 2.61. The summed E-state index contributed by atoms with van der Waals surface area (Å²) >= 11 is 0. The van der Waals surface area contributed by atoms with E-state index in [0.29, 0.717) is 6.42 Å². The van der Waals surface area contributed by atoms with Crippen molar-refractivity contribution >= 4 is 11.9 Å². The molecule has 1 heterocycles. The van der Waals surface area contributed by atoms with E-state index in [1.807, 2.05) is 60.7 Å². The van der Waals surface area contributed by atoms with Gasteiger partial charge in [0.2, 0.25) is 5.91 Å². The second-order valence-corrected chi connectivity index (χ2v) is 5.72. The second kappa shape index (κ2) is 6.24. The van der Waals surface area contributed by atoms with Crippen LogP contribution in [0.1, 0.15) is 36.6 Å². The Morgan fingerprint density at radius 1 is 0.913 bits per heavy atom. The number of carbonyl (C=O) groups is 2. The minimum atomic E-state index is -0.302.